The van der Waals surface area contributed by atoms with Crippen molar-refractivity contribution in [2.45, 2.75) is 19.8 Å². The average molecular weight is 354 g/mol. The summed E-state index contributed by atoms with van der Waals surface area (Å²) in [5.41, 5.74) is 13.1. The van der Waals surface area contributed by atoms with Gasteiger partial charge >= 0.3 is 0 Å². The number of hydrogen-bond acceptors (Lipinski definition) is 2. The Morgan fingerprint density at radius 2 is 1.85 bits per heavy atom. The van der Waals surface area contributed by atoms with Crippen molar-refractivity contribution in [2.75, 3.05) is 0 Å². The number of benzene rings is 2. The maximum atomic E-state index is 11.7. The quantitative estimate of drug-likeness (QED) is 0.777. The Balaban J connectivity index is 1.96. The van der Waals surface area contributed by atoms with E-state index in [4.69, 9.17) is 5.73 Å². The molecule has 2 aromatic carbocycles. The SMILES string of the molecule is C=C1c2cc3ccccc3cc2C(C2=CC=C(N)CC(CC)=C2)=CN1C=O. The van der Waals surface area contributed by atoms with Crippen LogP contribution in [0.3, 0.4) is 0 Å². The van der Waals surface area contributed by atoms with Gasteiger partial charge in [0.2, 0.25) is 6.41 Å². The zero-order valence-electron chi connectivity index (χ0n) is 15.4. The summed E-state index contributed by atoms with van der Waals surface area (Å²) >= 11 is 0. The molecular formula is C24H22N2O. The number of fused-ring (bicyclic) bond motifs is 2. The molecule has 0 spiro atoms. The molecule has 134 valence electrons. The van der Waals surface area contributed by atoms with E-state index < -0.39 is 0 Å². The third-order valence-electron chi connectivity index (χ3n) is 5.21. The summed E-state index contributed by atoms with van der Waals surface area (Å²) in [7, 11) is 0. The first-order valence-corrected chi connectivity index (χ1v) is 9.14. The van der Waals surface area contributed by atoms with Gasteiger partial charge in [-0.2, -0.15) is 0 Å². The minimum absolute atomic E-state index is 0.693. The van der Waals surface area contributed by atoms with Crippen LogP contribution < -0.4 is 5.73 Å². The molecule has 1 aliphatic heterocycles. The third-order valence-corrected chi connectivity index (χ3v) is 5.21. The van der Waals surface area contributed by atoms with E-state index in [1.54, 1.807) is 4.90 Å². The molecule has 27 heavy (non-hydrogen) atoms. The van der Waals surface area contributed by atoms with Gasteiger partial charge in [-0.15, -0.1) is 0 Å². The lowest BCUT2D eigenvalue weighted by molar-refractivity contribution is -0.113. The van der Waals surface area contributed by atoms with Crippen LogP contribution in [0.4, 0.5) is 0 Å². The van der Waals surface area contributed by atoms with Gasteiger partial charge in [0.1, 0.15) is 0 Å². The molecule has 2 aliphatic rings. The van der Waals surface area contributed by atoms with Crippen molar-refractivity contribution in [2.24, 2.45) is 5.73 Å². The van der Waals surface area contributed by atoms with E-state index in [-0.39, 0.29) is 0 Å². The van der Waals surface area contributed by atoms with Crippen LogP contribution in [-0.2, 0) is 4.79 Å². The van der Waals surface area contributed by atoms with Crippen molar-refractivity contribution in [1.29, 1.82) is 0 Å². The van der Waals surface area contributed by atoms with Crippen LogP contribution >= 0.6 is 0 Å². The molecule has 0 radical (unpaired) electrons. The van der Waals surface area contributed by atoms with Gasteiger partial charge < -0.3 is 5.73 Å². The Morgan fingerprint density at radius 3 is 2.52 bits per heavy atom. The molecule has 2 N–H and O–H groups in total. The fourth-order valence-electron chi connectivity index (χ4n) is 3.68. The Labute approximate surface area is 159 Å². The molecule has 3 heteroatoms. The molecule has 0 atom stereocenters. The zero-order chi connectivity index (χ0) is 19.0. The first kappa shape index (κ1) is 17.1. The van der Waals surface area contributed by atoms with E-state index in [1.165, 1.54) is 11.0 Å². The summed E-state index contributed by atoms with van der Waals surface area (Å²) in [6.07, 6.45) is 10.6. The van der Waals surface area contributed by atoms with Crippen LogP contribution in [0.1, 0.15) is 30.9 Å². The molecule has 0 fully saturated rings. The normalized spacial score (nSPS) is 16.8. The highest BCUT2D eigenvalue weighted by Crippen LogP contribution is 2.40. The van der Waals surface area contributed by atoms with Crippen LogP contribution in [-0.4, -0.2) is 11.3 Å². The van der Waals surface area contributed by atoms with Gasteiger partial charge in [-0.3, -0.25) is 9.69 Å². The van der Waals surface area contributed by atoms with Gasteiger partial charge in [0.15, 0.2) is 0 Å². The summed E-state index contributed by atoms with van der Waals surface area (Å²) < 4.78 is 0. The van der Waals surface area contributed by atoms with Crippen LogP contribution in [0.5, 0.6) is 0 Å². The van der Waals surface area contributed by atoms with Crippen LogP contribution in [0.2, 0.25) is 0 Å². The summed E-state index contributed by atoms with van der Waals surface area (Å²) in [4.78, 5) is 13.2. The predicted octanol–water partition coefficient (Wildman–Crippen LogP) is 5.13. The number of rotatable bonds is 3. The van der Waals surface area contributed by atoms with Crippen molar-refractivity contribution >= 4 is 28.5 Å². The standard InChI is InChI=1S/C24H22N2O/c1-3-17-10-20(8-9-21(25)11-17)24-14-26(15-27)16(2)22-12-18-6-4-5-7-19(18)13-23(22)24/h4-10,12-15H,2-3,11,25H2,1H3. The molecule has 3 nitrogen and oxygen atoms in total. The van der Waals surface area contributed by atoms with E-state index in [0.717, 1.165) is 52.6 Å². The first-order chi connectivity index (χ1) is 13.1. The van der Waals surface area contributed by atoms with E-state index >= 15 is 0 Å². The predicted molar refractivity (Wildman–Crippen MR) is 112 cm³/mol. The molecule has 1 aliphatic carbocycles. The Morgan fingerprint density at radius 1 is 1.15 bits per heavy atom. The maximum Gasteiger partial charge on any atom is 0.218 e. The number of carbonyl (C=O) groups excluding carboxylic acids is 1. The molecule has 0 unspecified atom stereocenters. The topological polar surface area (TPSA) is 46.3 Å². The van der Waals surface area contributed by atoms with Crippen LogP contribution in [0.25, 0.3) is 22.0 Å². The van der Waals surface area contributed by atoms with Crippen molar-refractivity contribution in [3.63, 3.8) is 0 Å². The fraction of sp³-hybridized carbons (Fsp3) is 0.125. The number of nitrogens with two attached hydrogens (primary N) is 1. The minimum atomic E-state index is 0.693. The molecule has 4 rings (SSSR count). The molecule has 0 aromatic heterocycles. The van der Waals surface area contributed by atoms with Crippen molar-refractivity contribution in [1.82, 2.24) is 4.90 Å². The molecule has 0 bridgehead atoms. The number of nitrogens with zero attached hydrogens (tertiary/aromatic N) is 1. The number of carbonyl (C=O) groups is 1. The lowest BCUT2D eigenvalue weighted by Crippen LogP contribution is -2.19. The summed E-state index contributed by atoms with van der Waals surface area (Å²) in [6.45, 7) is 6.28. The first-order valence-electron chi connectivity index (χ1n) is 9.14. The van der Waals surface area contributed by atoms with E-state index in [0.29, 0.717) is 5.70 Å². The lowest BCUT2D eigenvalue weighted by atomic mass is 9.87. The van der Waals surface area contributed by atoms with Crippen LogP contribution in [0, 0.1) is 0 Å². The van der Waals surface area contributed by atoms with Crippen LogP contribution in [0.15, 0.2) is 84.2 Å². The van der Waals surface area contributed by atoms with Gasteiger partial charge in [-0.05, 0) is 46.5 Å². The van der Waals surface area contributed by atoms with Crippen molar-refractivity contribution in [3.8, 4) is 0 Å². The average Bonchev–Trinajstić information content (AvgIpc) is 2.88. The number of allylic oxidation sites excluding steroid dienone is 6. The van der Waals surface area contributed by atoms with Gasteiger partial charge in [0.05, 0.1) is 0 Å². The van der Waals surface area contributed by atoms with Gasteiger partial charge in [-0.25, -0.2) is 0 Å². The molecule has 0 saturated carbocycles. The van der Waals surface area contributed by atoms with Gasteiger partial charge in [-0.1, -0.05) is 55.5 Å². The van der Waals surface area contributed by atoms with Gasteiger partial charge in [0.25, 0.3) is 0 Å². The minimum Gasteiger partial charge on any atom is -0.402 e. The maximum absolute atomic E-state index is 11.7. The van der Waals surface area contributed by atoms with Gasteiger partial charge in [0, 0.05) is 35.2 Å². The summed E-state index contributed by atoms with van der Waals surface area (Å²) in [6, 6.07) is 12.5. The van der Waals surface area contributed by atoms with E-state index in [1.807, 2.05) is 30.5 Å². The Bertz CT molecular complexity index is 1080. The highest BCUT2D eigenvalue weighted by molar-refractivity contribution is 5.99. The largest absolute Gasteiger partial charge is 0.402 e. The van der Waals surface area contributed by atoms with E-state index in [9.17, 15) is 4.79 Å². The summed E-state index contributed by atoms with van der Waals surface area (Å²) in [5, 5.41) is 2.30. The highest BCUT2D eigenvalue weighted by atomic mass is 16.1. The Hall–Kier alpha value is -3.33. The smallest absolute Gasteiger partial charge is 0.218 e. The molecule has 0 saturated heterocycles. The second-order valence-electron chi connectivity index (χ2n) is 6.94. The fourth-order valence-corrected chi connectivity index (χ4v) is 3.68. The number of amides is 1. The summed E-state index contributed by atoms with van der Waals surface area (Å²) in [5.74, 6) is 0. The highest BCUT2D eigenvalue weighted by Gasteiger charge is 2.23. The molecule has 2 aromatic rings. The second kappa shape index (κ2) is 6.76. The third kappa shape index (κ3) is 3.02. The molecular weight excluding hydrogens is 332 g/mol. The molecule has 1 amide bonds. The zero-order valence-corrected chi connectivity index (χ0v) is 15.4. The van der Waals surface area contributed by atoms with E-state index in [2.05, 4.69) is 43.8 Å². The number of hydrogen-bond donors (Lipinski definition) is 1. The molecule has 1 heterocycles. The second-order valence-corrected chi connectivity index (χ2v) is 6.94. The lowest BCUT2D eigenvalue weighted by Gasteiger charge is -2.28. The van der Waals surface area contributed by atoms with Crippen molar-refractivity contribution < 1.29 is 4.79 Å². The monoisotopic (exact) mass is 354 g/mol. The van der Waals surface area contributed by atoms with Crippen molar-refractivity contribution in [3.05, 3.63) is 95.4 Å². The Kier molecular flexibility index (Phi) is 4.28.